The topological polar surface area (TPSA) is 82.1 Å². The molecule has 0 bridgehead atoms. The summed E-state index contributed by atoms with van der Waals surface area (Å²) < 4.78 is 16.4. The van der Waals surface area contributed by atoms with E-state index in [1.165, 1.54) is 45.5 Å². The number of rotatable bonds is 9. The lowest BCUT2D eigenvalue weighted by molar-refractivity contribution is -0.152. The molecule has 0 aliphatic carbocycles. The van der Waals surface area contributed by atoms with Crippen molar-refractivity contribution in [2.45, 2.75) is 19.4 Å². The minimum atomic E-state index is -1.39. The third-order valence-corrected chi connectivity index (χ3v) is 5.67. The second-order valence-electron chi connectivity index (χ2n) is 7.39. The quantitative estimate of drug-likeness (QED) is 0.338. The molecule has 0 aliphatic rings. The van der Waals surface area contributed by atoms with Crippen molar-refractivity contribution < 1.29 is 28.9 Å². The van der Waals surface area contributed by atoms with Crippen molar-refractivity contribution >= 4 is 29.2 Å². The fraction of sp³-hybridized carbons (Fsp3) is 0.200. The summed E-state index contributed by atoms with van der Waals surface area (Å²) in [6.07, 6.45) is 3.15. The number of aliphatic carboxylic acids is 1. The summed E-state index contributed by atoms with van der Waals surface area (Å²) in [4.78, 5) is 25.3. The van der Waals surface area contributed by atoms with E-state index in [4.69, 9.17) is 14.2 Å². The number of hydrogen-bond acceptors (Lipinski definition) is 6. The molecule has 2 aromatic carbocycles. The van der Waals surface area contributed by atoms with Crippen molar-refractivity contribution in [2.24, 2.45) is 0 Å². The van der Waals surface area contributed by atoms with Crippen molar-refractivity contribution in [3.63, 3.8) is 0 Å². The molecule has 0 aliphatic heterocycles. The lowest BCUT2D eigenvalue weighted by Crippen LogP contribution is -2.38. The van der Waals surface area contributed by atoms with Gasteiger partial charge in [-0.3, -0.25) is 4.79 Å². The Hall–Kier alpha value is -3.58. The van der Waals surface area contributed by atoms with E-state index >= 15 is 0 Å². The Labute approximate surface area is 190 Å². The van der Waals surface area contributed by atoms with E-state index in [9.17, 15) is 14.7 Å². The van der Waals surface area contributed by atoms with Crippen LogP contribution in [0.3, 0.4) is 0 Å². The number of ketones is 1. The SMILES string of the molecule is COc1cccc(OC)c1C(=O)/C=C/c1ccc(OC(C)(C)C(=O)O)c(-c2cccs2)c1. The average molecular weight is 453 g/mol. The van der Waals surface area contributed by atoms with Crippen LogP contribution >= 0.6 is 11.3 Å². The first-order chi connectivity index (χ1) is 15.3. The second kappa shape index (κ2) is 9.70. The Bertz CT molecular complexity index is 1120. The van der Waals surface area contributed by atoms with Gasteiger partial charge < -0.3 is 19.3 Å². The molecule has 1 N–H and O–H groups in total. The Balaban J connectivity index is 1.96. The molecule has 0 fully saturated rings. The van der Waals surface area contributed by atoms with Crippen LogP contribution in [0.4, 0.5) is 0 Å². The summed E-state index contributed by atoms with van der Waals surface area (Å²) in [5.74, 6) is -0.00941. The molecule has 3 aromatic rings. The van der Waals surface area contributed by atoms with Crippen molar-refractivity contribution in [1.29, 1.82) is 0 Å². The van der Waals surface area contributed by atoms with Crippen LogP contribution in [0.5, 0.6) is 17.2 Å². The number of allylic oxidation sites excluding steroid dienone is 1. The number of carboxylic acid groups (broad SMARTS) is 1. The van der Waals surface area contributed by atoms with Gasteiger partial charge in [0, 0.05) is 10.4 Å². The summed E-state index contributed by atoms with van der Waals surface area (Å²) in [7, 11) is 3.00. The summed E-state index contributed by atoms with van der Waals surface area (Å²) >= 11 is 1.51. The van der Waals surface area contributed by atoms with E-state index in [0.29, 0.717) is 22.8 Å². The summed E-state index contributed by atoms with van der Waals surface area (Å²) in [5.41, 5.74) is 0.463. The minimum absolute atomic E-state index is 0.260. The van der Waals surface area contributed by atoms with Gasteiger partial charge in [-0.1, -0.05) is 24.3 Å². The van der Waals surface area contributed by atoms with E-state index in [2.05, 4.69) is 0 Å². The van der Waals surface area contributed by atoms with E-state index in [-0.39, 0.29) is 5.78 Å². The largest absolute Gasteiger partial charge is 0.496 e. The third-order valence-electron chi connectivity index (χ3n) is 4.77. The molecule has 1 aromatic heterocycles. The van der Waals surface area contributed by atoms with E-state index in [0.717, 1.165) is 16.0 Å². The highest BCUT2D eigenvalue weighted by molar-refractivity contribution is 7.13. The standard InChI is InChI=1S/C25H24O6S/c1-25(2,24(27)28)31-19-13-11-16(15-17(19)22-9-6-14-32-22)10-12-18(26)23-20(29-3)7-5-8-21(23)30-4/h5-15H,1-4H3,(H,27,28)/b12-10+. The number of thiophene rings is 1. The molecule has 7 heteroatoms. The number of carboxylic acids is 1. The van der Waals surface area contributed by atoms with Crippen LogP contribution in [0.15, 0.2) is 60.0 Å². The average Bonchev–Trinajstić information content (AvgIpc) is 3.32. The van der Waals surface area contributed by atoms with Crippen LogP contribution in [0.2, 0.25) is 0 Å². The van der Waals surface area contributed by atoms with Crippen LogP contribution in [-0.4, -0.2) is 36.7 Å². The zero-order valence-electron chi connectivity index (χ0n) is 18.2. The smallest absolute Gasteiger partial charge is 0.347 e. The molecule has 0 saturated heterocycles. The minimum Gasteiger partial charge on any atom is -0.496 e. The number of ether oxygens (including phenoxy) is 3. The highest BCUT2D eigenvalue weighted by atomic mass is 32.1. The molecular formula is C25H24O6S. The molecule has 1 heterocycles. The maximum Gasteiger partial charge on any atom is 0.347 e. The summed E-state index contributed by atoms with van der Waals surface area (Å²) in [5, 5.41) is 11.4. The predicted octanol–water partition coefficient (Wildman–Crippen LogP) is 5.57. The van der Waals surface area contributed by atoms with Crippen molar-refractivity contribution in [2.75, 3.05) is 14.2 Å². The van der Waals surface area contributed by atoms with Gasteiger partial charge in [0.25, 0.3) is 0 Å². The maximum absolute atomic E-state index is 12.9. The van der Waals surface area contributed by atoms with Crippen LogP contribution in [0, 0.1) is 0 Å². The van der Waals surface area contributed by atoms with Gasteiger partial charge in [0.05, 0.1) is 14.2 Å². The Morgan fingerprint density at radius 1 is 0.969 bits per heavy atom. The van der Waals surface area contributed by atoms with Crippen LogP contribution in [0.25, 0.3) is 16.5 Å². The van der Waals surface area contributed by atoms with E-state index < -0.39 is 11.6 Å². The van der Waals surface area contributed by atoms with Gasteiger partial charge in [-0.05, 0) is 61.2 Å². The molecule has 0 radical (unpaired) electrons. The fourth-order valence-corrected chi connectivity index (χ4v) is 3.78. The normalized spacial score (nSPS) is 11.4. The van der Waals surface area contributed by atoms with Crippen molar-refractivity contribution in [1.82, 2.24) is 0 Å². The molecule has 166 valence electrons. The fourth-order valence-electron chi connectivity index (χ4n) is 3.03. The highest BCUT2D eigenvalue weighted by Crippen LogP contribution is 2.36. The number of carbonyl (C=O) groups is 2. The van der Waals surface area contributed by atoms with Gasteiger partial charge >= 0.3 is 5.97 Å². The Morgan fingerprint density at radius 3 is 2.22 bits per heavy atom. The Kier molecular flexibility index (Phi) is 7.00. The molecule has 6 nitrogen and oxygen atoms in total. The number of carbonyl (C=O) groups excluding carboxylic acids is 1. The van der Waals surface area contributed by atoms with Gasteiger partial charge in [0.2, 0.25) is 0 Å². The Morgan fingerprint density at radius 2 is 1.66 bits per heavy atom. The van der Waals surface area contributed by atoms with E-state index in [1.54, 1.807) is 36.4 Å². The van der Waals surface area contributed by atoms with Gasteiger partial charge in [-0.25, -0.2) is 4.79 Å². The zero-order chi connectivity index (χ0) is 23.3. The predicted molar refractivity (Wildman–Crippen MR) is 125 cm³/mol. The van der Waals surface area contributed by atoms with Crippen molar-refractivity contribution in [3.05, 3.63) is 71.1 Å². The van der Waals surface area contributed by atoms with E-state index in [1.807, 2.05) is 23.6 Å². The van der Waals surface area contributed by atoms with Gasteiger partial charge in [-0.2, -0.15) is 0 Å². The highest BCUT2D eigenvalue weighted by Gasteiger charge is 2.30. The van der Waals surface area contributed by atoms with Crippen molar-refractivity contribution in [3.8, 4) is 27.7 Å². The van der Waals surface area contributed by atoms with Crippen LogP contribution in [-0.2, 0) is 4.79 Å². The van der Waals surface area contributed by atoms with Gasteiger partial charge in [-0.15, -0.1) is 11.3 Å². The number of benzene rings is 2. The first-order valence-electron chi connectivity index (χ1n) is 9.80. The molecule has 0 unspecified atom stereocenters. The maximum atomic E-state index is 12.9. The van der Waals surface area contributed by atoms with Gasteiger partial charge in [0.15, 0.2) is 11.4 Å². The molecule has 32 heavy (non-hydrogen) atoms. The summed E-state index contributed by atoms with van der Waals surface area (Å²) in [6.45, 7) is 3.00. The first kappa shape index (κ1) is 23.1. The summed E-state index contributed by atoms with van der Waals surface area (Å²) in [6, 6.07) is 14.3. The molecule has 3 rings (SSSR count). The number of methoxy groups -OCH3 is 2. The molecule has 0 atom stereocenters. The molecule has 0 saturated carbocycles. The van der Waals surface area contributed by atoms with Crippen LogP contribution in [0.1, 0.15) is 29.8 Å². The molecule has 0 amide bonds. The van der Waals surface area contributed by atoms with Gasteiger partial charge in [0.1, 0.15) is 22.8 Å². The second-order valence-corrected chi connectivity index (χ2v) is 8.33. The zero-order valence-corrected chi connectivity index (χ0v) is 19.1. The molecular weight excluding hydrogens is 428 g/mol. The van der Waals surface area contributed by atoms with Crippen LogP contribution < -0.4 is 14.2 Å². The lowest BCUT2D eigenvalue weighted by Gasteiger charge is -2.23. The monoisotopic (exact) mass is 452 g/mol. The lowest BCUT2D eigenvalue weighted by atomic mass is 10.0. The number of hydrogen-bond donors (Lipinski definition) is 1. The first-order valence-corrected chi connectivity index (χ1v) is 10.7. The molecule has 0 spiro atoms. The third kappa shape index (κ3) is 5.00.